The molecule has 1 N–H and O–H groups in total. The lowest BCUT2D eigenvalue weighted by molar-refractivity contribution is -0.153. The van der Waals surface area contributed by atoms with Crippen LogP contribution in [0.2, 0.25) is 0 Å². The molecular formula is C20H18N2O4. The molecule has 0 fully saturated rings. The predicted octanol–water partition coefficient (Wildman–Crippen LogP) is 3.09. The van der Waals surface area contributed by atoms with E-state index < -0.39 is 18.0 Å². The maximum atomic E-state index is 12.1. The molecule has 2 aromatic carbocycles. The average molecular weight is 350 g/mol. The summed E-state index contributed by atoms with van der Waals surface area (Å²) >= 11 is 0. The number of amides is 1. The average Bonchev–Trinajstić information content (AvgIpc) is 2.66. The van der Waals surface area contributed by atoms with Gasteiger partial charge in [-0.1, -0.05) is 36.4 Å². The number of nitrogens with one attached hydrogen (secondary N) is 1. The van der Waals surface area contributed by atoms with Crippen molar-refractivity contribution >= 4 is 23.3 Å². The molecule has 132 valence electrons. The van der Waals surface area contributed by atoms with Gasteiger partial charge in [-0.3, -0.25) is 14.4 Å². The number of ketones is 1. The van der Waals surface area contributed by atoms with E-state index in [9.17, 15) is 14.4 Å². The van der Waals surface area contributed by atoms with E-state index in [1.54, 1.807) is 48.5 Å². The molecule has 2 rings (SSSR count). The number of hydrogen-bond acceptors (Lipinski definition) is 5. The van der Waals surface area contributed by atoms with Gasteiger partial charge in [-0.05, 0) is 25.1 Å². The quantitative estimate of drug-likeness (QED) is 0.611. The van der Waals surface area contributed by atoms with Crippen LogP contribution >= 0.6 is 0 Å². The SMILES string of the molecule is C[C@@H](OC(=O)CCC(=O)c1ccccc1)C(=O)Nc1cccc(C#N)c1. The second-order valence-electron chi connectivity index (χ2n) is 5.60. The number of hydrogen-bond donors (Lipinski definition) is 1. The summed E-state index contributed by atoms with van der Waals surface area (Å²) in [4.78, 5) is 35.9. The lowest BCUT2D eigenvalue weighted by atomic mass is 10.1. The number of carbonyl (C=O) groups is 3. The molecule has 1 amide bonds. The van der Waals surface area contributed by atoms with E-state index in [1.807, 2.05) is 6.07 Å². The van der Waals surface area contributed by atoms with E-state index in [0.29, 0.717) is 16.8 Å². The molecular weight excluding hydrogens is 332 g/mol. The molecule has 6 nitrogen and oxygen atoms in total. The normalized spacial score (nSPS) is 11.1. The van der Waals surface area contributed by atoms with Crippen molar-refractivity contribution in [3.8, 4) is 6.07 Å². The van der Waals surface area contributed by atoms with Gasteiger partial charge in [0, 0.05) is 17.7 Å². The zero-order valence-corrected chi connectivity index (χ0v) is 14.3. The number of anilines is 1. The van der Waals surface area contributed by atoms with Gasteiger partial charge >= 0.3 is 5.97 Å². The van der Waals surface area contributed by atoms with E-state index in [1.165, 1.54) is 13.0 Å². The molecule has 0 aliphatic rings. The fraction of sp³-hybridized carbons (Fsp3) is 0.200. The van der Waals surface area contributed by atoms with Gasteiger partial charge in [0.15, 0.2) is 11.9 Å². The Labute approximate surface area is 151 Å². The van der Waals surface area contributed by atoms with Crippen LogP contribution in [0.25, 0.3) is 0 Å². The van der Waals surface area contributed by atoms with Crippen LogP contribution in [0.4, 0.5) is 5.69 Å². The van der Waals surface area contributed by atoms with Crippen LogP contribution in [0.5, 0.6) is 0 Å². The summed E-state index contributed by atoms with van der Waals surface area (Å²) in [5.41, 5.74) is 1.38. The number of nitriles is 1. The molecule has 0 unspecified atom stereocenters. The predicted molar refractivity (Wildman–Crippen MR) is 95.3 cm³/mol. The van der Waals surface area contributed by atoms with Gasteiger partial charge in [0.05, 0.1) is 18.1 Å². The van der Waals surface area contributed by atoms with Crippen molar-refractivity contribution in [1.29, 1.82) is 5.26 Å². The highest BCUT2D eigenvalue weighted by atomic mass is 16.5. The van der Waals surface area contributed by atoms with Crippen LogP contribution in [0.15, 0.2) is 54.6 Å². The topological polar surface area (TPSA) is 96.3 Å². The molecule has 0 aromatic heterocycles. The highest BCUT2D eigenvalue weighted by Gasteiger charge is 2.19. The minimum atomic E-state index is -1.01. The van der Waals surface area contributed by atoms with Gasteiger partial charge in [0.25, 0.3) is 5.91 Å². The third kappa shape index (κ3) is 5.56. The van der Waals surface area contributed by atoms with E-state index in [2.05, 4.69) is 5.32 Å². The van der Waals surface area contributed by atoms with E-state index >= 15 is 0 Å². The van der Waals surface area contributed by atoms with E-state index in [-0.39, 0.29) is 18.6 Å². The van der Waals surface area contributed by atoms with Crippen molar-refractivity contribution in [2.24, 2.45) is 0 Å². The monoisotopic (exact) mass is 350 g/mol. The molecule has 0 saturated carbocycles. The van der Waals surface area contributed by atoms with Crippen LogP contribution in [-0.4, -0.2) is 23.8 Å². The maximum absolute atomic E-state index is 12.1. The van der Waals surface area contributed by atoms with Crippen molar-refractivity contribution in [2.45, 2.75) is 25.9 Å². The van der Waals surface area contributed by atoms with Gasteiger partial charge in [-0.25, -0.2) is 0 Å². The number of rotatable bonds is 7. The molecule has 0 radical (unpaired) electrons. The minimum absolute atomic E-state index is 0.0153. The number of carbonyl (C=O) groups excluding carboxylic acids is 3. The molecule has 0 aliphatic heterocycles. The summed E-state index contributed by atoms with van der Waals surface area (Å²) in [6.45, 7) is 1.44. The van der Waals surface area contributed by atoms with Crippen molar-refractivity contribution in [2.75, 3.05) is 5.32 Å². The third-order valence-electron chi connectivity index (χ3n) is 3.59. The van der Waals surface area contributed by atoms with Crippen LogP contribution in [-0.2, 0) is 14.3 Å². The summed E-state index contributed by atoms with van der Waals surface area (Å²) in [6, 6.07) is 17.0. The van der Waals surface area contributed by atoms with Crippen LogP contribution in [0, 0.1) is 11.3 Å². The summed E-state index contributed by atoms with van der Waals surface area (Å²) in [7, 11) is 0. The van der Waals surface area contributed by atoms with Crippen molar-refractivity contribution in [3.63, 3.8) is 0 Å². The smallest absolute Gasteiger partial charge is 0.307 e. The molecule has 0 spiro atoms. The van der Waals surface area contributed by atoms with E-state index in [4.69, 9.17) is 10.00 Å². The minimum Gasteiger partial charge on any atom is -0.453 e. The summed E-state index contributed by atoms with van der Waals surface area (Å²) < 4.78 is 5.06. The summed E-state index contributed by atoms with van der Waals surface area (Å²) in [6.07, 6.45) is -1.10. The van der Waals surface area contributed by atoms with E-state index in [0.717, 1.165) is 0 Å². The van der Waals surface area contributed by atoms with Crippen molar-refractivity contribution < 1.29 is 19.1 Å². The number of esters is 1. The zero-order valence-electron chi connectivity index (χ0n) is 14.3. The first-order chi connectivity index (χ1) is 12.5. The Hall–Kier alpha value is -3.46. The molecule has 0 aliphatic carbocycles. The molecule has 0 saturated heterocycles. The number of nitrogens with zero attached hydrogens (tertiary/aromatic N) is 1. The van der Waals surface area contributed by atoms with Gasteiger partial charge in [-0.15, -0.1) is 0 Å². The van der Waals surface area contributed by atoms with Gasteiger partial charge < -0.3 is 10.1 Å². The Kier molecular flexibility index (Phi) is 6.63. The van der Waals surface area contributed by atoms with Crippen LogP contribution in [0.3, 0.4) is 0 Å². The molecule has 0 bridgehead atoms. The standard InChI is InChI=1S/C20H18N2O4/c1-14(20(25)22-17-9-5-6-15(12-17)13-21)26-19(24)11-10-18(23)16-7-3-2-4-8-16/h2-9,12,14H,10-11H2,1H3,(H,22,25)/t14-/m1/s1. The Morgan fingerprint density at radius 3 is 2.50 bits per heavy atom. The second-order valence-corrected chi connectivity index (χ2v) is 5.60. The maximum Gasteiger partial charge on any atom is 0.307 e. The van der Waals surface area contributed by atoms with Crippen molar-refractivity contribution in [1.82, 2.24) is 0 Å². The van der Waals surface area contributed by atoms with Gasteiger partial charge in [-0.2, -0.15) is 5.26 Å². The Morgan fingerprint density at radius 1 is 1.08 bits per heavy atom. The highest BCUT2D eigenvalue weighted by molar-refractivity contribution is 5.98. The number of ether oxygens (including phenoxy) is 1. The first-order valence-electron chi connectivity index (χ1n) is 8.08. The Morgan fingerprint density at radius 2 is 1.81 bits per heavy atom. The first kappa shape index (κ1) is 18.9. The Bertz CT molecular complexity index is 840. The lowest BCUT2D eigenvalue weighted by Gasteiger charge is -2.13. The number of Topliss-reactive ketones (excluding diaryl/α,β-unsaturated/α-hetero) is 1. The third-order valence-corrected chi connectivity index (χ3v) is 3.59. The fourth-order valence-electron chi connectivity index (χ4n) is 2.20. The zero-order chi connectivity index (χ0) is 18.9. The van der Waals surface area contributed by atoms with Crippen LogP contribution in [0.1, 0.15) is 35.7 Å². The van der Waals surface area contributed by atoms with Crippen LogP contribution < -0.4 is 5.32 Å². The molecule has 2 aromatic rings. The summed E-state index contributed by atoms with van der Waals surface area (Å²) in [5.74, 6) is -1.29. The highest BCUT2D eigenvalue weighted by Crippen LogP contribution is 2.11. The summed E-state index contributed by atoms with van der Waals surface area (Å²) in [5, 5.41) is 11.4. The molecule has 26 heavy (non-hydrogen) atoms. The largest absolute Gasteiger partial charge is 0.453 e. The molecule has 1 atom stereocenters. The van der Waals surface area contributed by atoms with Gasteiger partial charge in [0.2, 0.25) is 0 Å². The second kappa shape index (κ2) is 9.14. The lowest BCUT2D eigenvalue weighted by Crippen LogP contribution is -2.30. The fourth-order valence-corrected chi connectivity index (χ4v) is 2.20. The molecule has 6 heteroatoms. The Balaban J connectivity index is 1.81. The van der Waals surface area contributed by atoms with Crippen molar-refractivity contribution in [3.05, 3.63) is 65.7 Å². The first-order valence-corrected chi connectivity index (χ1v) is 8.08. The number of benzene rings is 2. The molecule has 0 heterocycles. The van der Waals surface area contributed by atoms with Gasteiger partial charge in [0.1, 0.15) is 0 Å².